The number of hydrogen-bond acceptors (Lipinski definition) is 5. The van der Waals surface area contributed by atoms with Crippen molar-refractivity contribution >= 4 is 8.37 Å². The van der Waals surface area contributed by atoms with Crippen LogP contribution in [0.25, 0.3) is 0 Å². The van der Waals surface area contributed by atoms with Crippen LogP contribution in [0.4, 0.5) is 0 Å². The third kappa shape index (κ3) is 3.35. The molecule has 2 unspecified atom stereocenters. The molecule has 0 amide bonds. The predicted octanol–water partition coefficient (Wildman–Crippen LogP) is 2.98. The molecular weight excluding hydrogens is 297 g/mol. The first-order valence-corrected chi connectivity index (χ1v) is 10.5. The van der Waals surface area contributed by atoms with Gasteiger partial charge in [-0.1, -0.05) is 0 Å². The van der Waals surface area contributed by atoms with E-state index in [2.05, 4.69) is 14.0 Å². The summed E-state index contributed by atoms with van der Waals surface area (Å²) in [4.78, 5) is 0. The van der Waals surface area contributed by atoms with Gasteiger partial charge in [0.1, 0.15) is 14.6 Å². The zero-order chi connectivity index (χ0) is 14.8. The SMILES string of the molecule is C1COC(OC2CCCN2P(N2CCCC2)N2CCCC2)C1. The van der Waals surface area contributed by atoms with Crippen molar-refractivity contribution in [2.24, 2.45) is 0 Å². The quantitative estimate of drug-likeness (QED) is 0.724. The maximum Gasteiger partial charge on any atom is 0.159 e. The molecule has 4 saturated heterocycles. The first-order chi connectivity index (χ1) is 10.9. The lowest BCUT2D eigenvalue weighted by molar-refractivity contribution is -0.164. The van der Waals surface area contributed by atoms with E-state index in [1.165, 1.54) is 71.2 Å². The van der Waals surface area contributed by atoms with Crippen LogP contribution in [0, 0.1) is 0 Å². The van der Waals surface area contributed by atoms with Crippen molar-refractivity contribution in [2.45, 2.75) is 63.9 Å². The van der Waals surface area contributed by atoms with Crippen molar-refractivity contribution in [3.8, 4) is 0 Å². The van der Waals surface area contributed by atoms with Crippen LogP contribution >= 0.6 is 8.37 Å². The Balaban J connectivity index is 1.46. The van der Waals surface area contributed by atoms with Crippen LogP contribution < -0.4 is 0 Å². The topological polar surface area (TPSA) is 28.2 Å². The zero-order valence-corrected chi connectivity index (χ0v) is 14.6. The van der Waals surface area contributed by atoms with Crippen LogP contribution in [0.2, 0.25) is 0 Å². The van der Waals surface area contributed by atoms with Gasteiger partial charge in [0.2, 0.25) is 0 Å². The van der Waals surface area contributed by atoms with Crippen molar-refractivity contribution in [1.82, 2.24) is 14.0 Å². The Kier molecular flexibility index (Phi) is 5.31. The second-order valence-electron chi connectivity index (χ2n) is 6.93. The summed E-state index contributed by atoms with van der Waals surface area (Å²) < 4.78 is 20.3. The fourth-order valence-electron chi connectivity index (χ4n) is 4.16. The Hall–Kier alpha value is 0.230. The lowest BCUT2D eigenvalue weighted by Gasteiger charge is -2.43. The molecule has 4 fully saturated rings. The standard InChI is InChI=1S/C16H30N3O2P/c1-2-10-17(9-1)22(18-11-3-4-12-18)19-13-5-7-15(19)21-16-8-6-14-20-16/h15-16H,1-14H2. The van der Waals surface area contributed by atoms with Gasteiger partial charge in [0.05, 0.1) is 0 Å². The highest BCUT2D eigenvalue weighted by molar-refractivity contribution is 7.50. The van der Waals surface area contributed by atoms with Crippen molar-refractivity contribution in [1.29, 1.82) is 0 Å². The highest BCUT2D eigenvalue weighted by atomic mass is 31.2. The van der Waals surface area contributed by atoms with Crippen LogP contribution in [-0.2, 0) is 9.47 Å². The van der Waals surface area contributed by atoms with Crippen molar-refractivity contribution in [3.05, 3.63) is 0 Å². The highest BCUT2D eigenvalue weighted by Crippen LogP contribution is 2.54. The second kappa shape index (κ2) is 7.42. The normalized spacial score (nSPS) is 35.3. The Morgan fingerprint density at radius 3 is 2.05 bits per heavy atom. The van der Waals surface area contributed by atoms with E-state index >= 15 is 0 Å². The van der Waals surface area contributed by atoms with E-state index in [0.29, 0.717) is 0 Å². The Bertz CT molecular complexity index is 339. The molecule has 0 saturated carbocycles. The molecule has 5 nitrogen and oxygen atoms in total. The minimum absolute atomic E-state index is 0.0552. The summed E-state index contributed by atoms with van der Waals surface area (Å²) >= 11 is 0. The molecule has 4 aliphatic heterocycles. The summed E-state index contributed by atoms with van der Waals surface area (Å²) in [5.41, 5.74) is 0. The summed E-state index contributed by atoms with van der Waals surface area (Å²) in [5.74, 6) is 0. The smallest absolute Gasteiger partial charge is 0.159 e. The van der Waals surface area contributed by atoms with E-state index in [1.54, 1.807) is 0 Å². The second-order valence-corrected chi connectivity index (χ2v) is 9.11. The Labute approximate surface area is 135 Å². The molecule has 0 bridgehead atoms. The van der Waals surface area contributed by atoms with Crippen LogP contribution in [-0.4, -0.2) is 65.9 Å². The molecule has 126 valence electrons. The molecule has 2 atom stereocenters. The van der Waals surface area contributed by atoms with E-state index in [-0.39, 0.29) is 20.9 Å². The van der Waals surface area contributed by atoms with Gasteiger partial charge < -0.3 is 9.47 Å². The van der Waals surface area contributed by atoms with Gasteiger partial charge in [-0.3, -0.25) is 9.34 Å². The van der Waals surface area contributed by atoms with Gasteiger partial charge in [0.25, 0.3) is 0 Å². The van der Waals surface area contributed by atoms with Gasteiger partial charge >= 0.3 is 0 Å². The number of nitrogens with zero attached hydrogens (tertiary/aromatic N) is 3. The number of ether oxygens (including phenoxy) is 2. The van der Waals surface area contributed by atoms with Gasteiger partial charge in [-0.15, -0.1) is 0 Å². The Morgan fingerprint density at radius 1 is 0.773 bits per heavy atom. The van der Waals surface area contributed by atoms with Crippen molar-refractivity contribution in [2.75, 3.05) is 39.3 Å². The molecule has 0 aromatic rings. The maximum atomic E-state index is 6.35. The Morgan fingerprint density at radius 2 is 1.45 bits per heavy atom. The van der Waals surface area contributed by atoms with E-state index in [0.717, 1.165) is 19.4 Å². The van der Waals surface area contributed by atoms with Gasteiger partial charge in [-0.2, -0.15) is 0 Å². The van der Waals surface area contributed by atoms with Crippen LogP contribution in [0.3, 0.4) is 0 Å². The van der Waals surface area contributed by atoms with Gasteiger partial charge in [-0.05, 0) is 44.9 Å². The minimum Gasteiger partial charge on any atom is -0.353 e. The van der Waals surface area contributed by atoms with E-state index in [9.17, 15) is 0 Å². The van der Waals surface area contributed by atoms with E-state index in [4.69, 9.17) is 9.47 Å². The largest absolute Gasteiger partial charge is 0.353 e. The summed E-state index contributed by atoms with van der Waals surface area (Å²) in [6, 6.07) is 0. The van der Waals surface area contributed by atoms with Crippen LogP contribution in [0.15, 0.2) is 0 Å². The lowest BCUT2D eigenvalue weighted by Crippen LogP contribution is -2.40. The molecular formula is C16H30N3O2P. The molecule has 0 N–H and O–H groups in total. The summed E-state index contributed by atoms with van der Waals surface area (Å²) in [7, 11) is -0.304. The summed E-state index contributed by atoms with van der Waals surface area (Å²) in [6.07, 6.45) is 10.5. The van der Waals surface area contributed by atoms with E-state index < -0.39 is 0 Å². The van der Waals surface area contributed by atoms with Gasteiger partial charge in [0, 0.05) is 45.8 Å². The van der Waals surface area contributed by atoms with Crippen molar-refractivity contribution in [3.63, 3.8) is 0 Å². The molecule has 0 aromatic heterocycles. The maximum absolute atomic E-state index is 6.35. The fraction of sp³-hybridized carbons (Fsp3) is 1.00. The third-order valence-corrected chi connectivity index (χ3v) is 8.00. The summed E-state index contributed by atoms with van der Waals surface area (Å²) in [6.45, 7) is 7.22. The molecule has 4 aliphatic rings. The van der Waals surface area contributed by atoms with E-state index in [1.807, 2.05) is 0 Å². The van der Waals surface area contributed by atoms with Gasteiger partial charge in [0.15, 0.2) is 6.29 Å². The molecule has 0 radical (unpaired) electrons. The van der Waals surface area contributed by atoms with Crippen LogP contribution in [0.1, 0.15) is 51.4 Å². The average Bonchev–Trinajstić information content (AvgIpc) is 3.30. The zero-order valence-electron chi connectivity index (χ0n) is 13.7. The highest BCUT2D eigenvalue weighted by Gasteiger charge is 2.41. The molecule has 0 aliphatic carbocycles. The lowest BCUT2D eigenvalue weighted by atomic mass is 10.3. The number of rotatable bonds is 5. The van der Waals surface area contributed by atoms with Crippen molar-refractivity contribution < 1.29 is 9.47 Å². The summed E-state index contributed by atoms with van der Waals surface area (Å²) in [5, 5.41) is 0. The molecule has 0 aromatic carbocycles. The van der Waals surface area contributed by atoms with Crippen LogP contribution in [0.5, 0.6) is 0 Å². The minimum atomic E-state index is -0.304. The fourth-order valence-corrected chi connectivity index (χ4v) is 7.17. The average molecular weight is 327 g/mol. The first kappa shape index (κ1) is 15.7. The molecule has 22 heavy (non-hydrogen) atoms. The molecule has 6 heteroatoms. The molecule has 4 rings (SSSR count). The predicted molar refractivity (Wildman–Crippen MR) is 88.3 cm³/mol. The molecule has 0 spiro atoms. The molecule has 4 heterocycles. The first-order valence-electron chi connectivity index (χ1n) is 9.25. The number of hydrogen-bond donors (Lipinski definition) is 0. The third-order valence-electron chi connectivity index (χ3n) is 5.27. The monoisotopic (exact) mass is 327 g/mol. The van der Waals surface area contributed by atoms with Gasteiger partial charge in [-0.25, -0.2) is 4.67 Å².